The molecule has 26 heavy (non-hydrogen) atoms. The van der Waals surface area contributed by atoms with E-state index in [1.165, 1.54) is 19.3 Å². The first-order valence-electron chi connectivity index (χ1n) is 8.95. The van der Waals surface area contributed by atoms with Crippen LogP contribution in [0.15, 0.2) is 36.5 Å². The van der Waals surface area contributed by atoms with Gasteiger partial charge < -0.3 is 20.1 Å². The number of methoxy groups -OCH3 is 2. The molecule has 6 heteroatoms. The summed E-state index contributed by atoms with van der Waals surface area (Å²) >= 11 is 0. The molecule has 6 nitrogen and oxygen atoms in total. The average Bonchev–Trinajstić information content (AvgIpc) is 2.69. The number of carbonyl (C=O) groups is 1. The van der Waals surface area contributed by atoms with Gasteiger partial charge in [0.25, 0.3) is 5.91 Å². The number of pyridine rings is 1. The van der Waals surface area contributed by atoms with Crippen LogP contribution >= 0.6 is 0 Å². The summed E-state index contributed by atoms with van der Waals surface area (Å²) in [6.45, 7) is 0. The zero-order chi connectivity index (χ0) is 18.4. The molecular formula is C20H25N3O3. The summed E-state index contributed by atoms with van der Waals surface area (Å²) in [7, 11) is 3.21. The van der Waals surface area contributed by atoms with Crippen molar-refractivity contribution < 1.29 is 14.3 Å². The number of nitrogens with zero attached hydrogens (tertiary/aromatic N) is 1. The summed E-state index contributed by atoms with van der Waals surface area (Å²) in [5, 5.41) is 6.33. The number of hydrogen-bond donors (Lipinski definition) is 2. The second-order valence-corrected chi connectivity index (χ2v) is 6.43. The lowest BCUT2D eigenvalue weighted by Gasteiger charge is -2.22. The molecule has 0 unspecified atom stereocenters. The molecule has 0 saturated heterocycles. The maximum Gasteiger partial charge on any atom is 0.251 e. The third-order valence-electron chi connectivity index (χ3n) is 4.63. The van der Waals surface area contributed by atoms with Gasteiger partial charge in [-0.05, 0) is 37.1 Å². The van der Waals surface area contributed by atoms with Gasteiger partial charge in [0.2, 0.25) is 0 Å². The first kappa shape index (κ1) is 18.0. The molecule has 0 aliphatic heterocycles. The van der Waals surface area contributed by atoms with Crippen molar-refractivity contribution in [3.05, 3.63) is 42.1 Å². The molecule has 1 saturated carbocycles. The minimum Gasteiger partial charge on any atom is -0.497 e. The largest absolute Gasteiger partial charge is 0.497 e. The predicted octanol–water partition coefficient (Wildman–Crippen LogP) is 3.90. The number of carbonyl (C=O) groups excluding carboxylic acids is 1. The molecule has 1 aromatic carbocycles. The van der Waals surface area contributed by atoms with Gasteiger partial charge in [0.15, 0.2) is 0 Å². The van der Waals surface area contributed by atoms with Crippen molar-refractivity contribution in [2.24, 2.45) is 0 Å². The van der Waals surface area contributed by atoms with E-state index in [0.717, 1.165) is 18.5 Å². The fourth-order valence-electron chi connectivity index (χ4n) is 3.20. The highest BCUT2D eigenvalue weighted by Crippen LogP contribution is 2.31. The summed E-state index contributed by atoms with van der Waals surface area (Å²) in [6.07, 6.45) is 7.39. The molecule has 2 aromatic rings. The fourth-order valence-corrected chi connectivity index (χ4v) is 3.20. The Bertz CT molecular complexity index is 758. The van der Waals surface area contributed by atoms with E-state index in [4.69, 9.17) is 9.47 Å². The highest BCUT2D eigenvalue weighted by atomic mass is 16.5. The van der Waals surface area contributed by atoms with Gasteiger partial charge in [-0.3, -0.25) is 4.79 Å². The second kappa shape index (κ2) is 8.56. The van der Waals surface area contributed by atoms with Crippen molar-refractivity contribution >= 4 is 17.4 Å². The molecule has 1 heterocycles. The van der Waals surface area contributed by atoms with Gasteiger partial charge in [0, 0.05) is 23.9 Å². The van der Waals surface area contributed by atoms with Gasteiger partial charge in [-0.15, -0.1) is 0 Å². The van der Waals surface area contributed by atoms with Crippen LogP contribution in [0.2, 0.25) is 0 Å². The topological polar surface area (TPSA) is 72.5 Å². The summed E-state index contributed by atoms with van der Waals surface area (Å²) in [6, 6.07) is 9.25. The number of aromatic nitrogens is 1. The SMILES string of the molecule is COc1ccc(Nc2cc(C(=O)NC3CCCCC3)ccn2)c(OC)c1. The molecule has 0 spiro atoms. The zero-order valence-electron chi connectivity index (χ0n) is 15.2. The number of nitrogens with one attached hydrogen (secondary N) is 2. The first-order chi connectivity index (χ1) is 12.7. The van der Waals surface area contributed by atoms with Crippen LogP contribution in [-0.2, 0) is 0 Å². The van der Waals surface area contributed by atoms with Crippen LogP contribution in [0.3, 0.4) is 0 Å². The lowest BCUT2D eigenvalue weighted by atomic mass is 9.95. The maximum atomic E-state index is 12.5. The van der Waals surface area contributed by atoms with Crippen LogP contribution < -0.4 is 20.1 Å². The highest BCUT2D eigenvalue weighted by molar-refractivity contribution is 5.95. The van der Waals surface area contributed by atoms with Crippen molar-refractivity contribution in [3.8, 4) is 11.5 Å². The van der Waals surface area contributed by atoms with E-state index >= 15 is 0 Å². The Morgan fingerprint density at radius 3 is 2.62 bits per heavy atom. The molecule has 1 amide bonds. The van der Waals surface area contributed by atoms with E-state index in [9.17, 15) is 4.79 Å². The van der Waals surface area contributed by atoms with E-state index in [0.29, 0.717) is 22.9 Å². The molecule has 0 atom stereocenters. The normalized spacial score (nSPS) is 14.5. The predicted molar refractivity (Wildman–Crippen MR) is 101 cm³/mol. The summed E-state index contributed by atoms with van der Waals surface area (Å²) in [5.41, 5.74) is 1.35. The monoisotopic (exact) mass is 355 g/mol. The number of anilines is 2. The molecule has 1 aliphatic rings. The summed E-state index contributed by atoms with van der Waals surface area (Å²) < 4.78 is 10.6. The molecule has 1 fully saturated rings. The second-order valence-electron chi connectivity index (χ2n) is 6.43. The summed E-state index contributed by atoms with van der Waals surface area (Å²) in [4.78, 5) is 16.8. The van der Waals surface area contributed by atoms with Gasteiger partial charge in [-0.1, -0.05) is 19.3 Å². The lowest BCUT2D eigenvalue weighted by molar-refractivity contribution is 0.0927. The van der Waals surface area contributed by atoms with E-state index in [1.54, 1.807) is 38.6 Å². The van der Waals surface area contributed by atoms with Crippen LogP contribution in [0.25, 0.3) is 0 Å². The van der Waals surface area contributed by atoms with Crippen LogP contribution in [0.5, 0.6) is 11.5 Å². The number of amides is 1. The molecule has 0 radical (unpaired) electrons. The molecule has 1 aliphatic carbocycles. The average molecular weight is 355 g/mol. The molecule has 138 valence electrons. The van der Waals surface area contributed by atoms with Gasteiger partial charge in [-0.2, -0.15) is 0 Å². The summed E-state index contributed by atoms with van der Waals surface area (Å²) in [5.74, 6) is 1.89. The van der Waals surface area contributed by atoms with Crippen LogP contribution in [-0.4, -0.2) is 31.2 Å². The van der Waals surface area contributed by atoms with Crippen molar-refractivity contribution in [2.45, 2.75) is 38.1 Å². The molecule has 1 aromatic heterocycles. The van der Waals surface area contributed by atoms with E-state index in [-0.39, 0.29) is 11.9 Å². The molecular weight excluding hydrogens is 330 g/mol. The Balaban J connectivity index is 1.72. The Morgan fingerprint density at radius 2 is 1.88 bits per heavy atom. The molecule has 3 rings (SSSR count). The Labute approximate surface area is 153 Å². The first-order valence-corrected chi connectivity index (χ1v) is 8.95. The van der Waals surface area contributed by atoms with Crippen molar-refractivity contribution in [1.29, 1.82) is 0 Å². The standard InChI is InChI=1S/C20H25N3O3/c1-25-16-8-9-17(18(13-16)26-2)23-19-12-14(10-11-21-19)20(24)22-15-6-4-3-5-7-15/h8-13,15H,3-7H2,1-2H3,(H,21,23)(H,22,24). The van der Waals surface area contributed by atoms with Gasteiger partial charge >= 0.3 is 0 Å². The minimum absolute atomic E-state index is 0.0518. The maximum absolute atomic E-state index is 12.5. The Hall–Kier alpha value is -2.76. The third kappa shape index (κ3) is 4.45. The van der Waals surface area contributed by atoms with Crippen LogP contribution in [0.4, 0.5) is 11.5 Å². The van der Waals surface area contributed by atoms with Crippen molar-refractivity contribution in [1.82, 2.24) is 10.3 Å². The number of benzene rings is 1. The Morgan fingerprint density at radius 1 is 1.08 bits per heavy atom. The van der Waals surface area contributed by atoms with Crippen molar-refractivity contribution in [3.63, 3.8) is 0 Å². The van der Waals surface area contributed by atoms with Crippen molar-refractivity contribution in [2.75, 3.05) is 19.5 Å². The van der Waals surface area contributed by atoms with E-state index in [2.05, 4.69) is 15.6 Å². The number of ether oxygens (including phenoxy) is 2. The number of hydrogen-bond acceptors (Lipinski definition) is 5. The van der Waals surface area contributed by atoms with Crippen LogP contribution in [0.1, 0.15) is 42.5 Å². The molecule has 0 bridgehead atoms. The van der Waals surface area contributed by atoms with Gasteiger partial charge in [0.05, 0.1) is 19.9 Å². The minimum atomic E-state index is -0.0518. The van der Waals surface area contributed by atoms with Gasteiger partial charge in [-0.25, -0.2) is 4.98 Å². The van der Waals surface area contributed by atoms with E-state index in [1.807, 2.05) is 12.1 Å². The quantitative estimate of drug-likeness (QED) is 0.822. The zero-order valence-corrected chi connectivity index (χ0v) is 15.2. The highest BCUT2D eigenvalue weighted by Gasteiger charge is 2.17. The third-order valence-corrected chi connectivity index (χ3v) is 4.63. The number of rotatable bonds is 6. The Kier molecular flexibility index (Phi) is 5.94. The van der Waals surface area contributed by atoms with E-state index < -0.39 is 0 Å². The molecule has 2 N–H and O–H groups in total. The van der Waals surface area contributed by atoms with Crippen LogP contribution in [0, 0.1) is 0 Å². The fraction of sp³-hybridized carbons (Fsp3) is 0.400. The smallest absolute Gasteiger partial charge is 0.251 e. The lowest BCUT2D eigenvalue weighted by Crippen LogP contribution is -2.36. The van der Waals surface area contributed by atoms with Gasteiger partial charge in [0.1, 0.15) is 17.3 Å².